The van der Waals surface area contributed by atoms with Gasteiger partial charge in [-0.05, 0) is 36.6 Å². The Bertz CT molecular complexity index is 665. The molecule has 3 nitrogen and oxygen atoms in total. The topological polar surface area (TPSA) is 37.8 Å². The van der Waals surface area contributed by atoms with Crippen LogP contribution in [0.2, 0.25) is 0 Å². The van der Waals surface area contributed by atoms with E-state index in [-0.39, 0.29) is 0 Å². The summed E-state index contributed by atoms with van der Waals surface area (Å²) in [5.41, 5.74) is 5.93. The summed E-state index contributed by atoms with van der Waals surface area (Å²) in [4.78, 5) is 9.61. The molecule has 0 atom stereocenters. The number of nitrogens with one attached hydrogen (secondary N) is 1. The molecule has 3 rings (SSSR count). The maximum Gasteiger partial charge on any atom is 0.159 e. The van der Waals surface area contributed by atoms with E-state index < -0.39 is 0 Å². The molecule has 0 saturated carbocycles. The van der Waals surface area contributed by atoms with Gasteiger partial charge < -0.3 is 5.32 Å². The average molecular weight is 332 g/mol. The first-order valence-corrected chi connectivity index (χ1v) is 7.72. The Morgan fingerprint density at radius 1 is 1.20 bits per heavy atom. The van der Waals surface area contributed by atoms with Gasteiger partial charge in [0.2, 0.25) is 0 Å². The van der Waals surface area contributed by atoms with Crippen molar-refractivity contribution in [1.82, 2.24) is 15.3 Å². The van der Waals surface area contributed by atoms with Crippen molar-refractivity contribution in [2.24, 2.45) is 0 Å². The summed E-state index contributed by atoms with van der Waals surface area (Å²) in [5, 5.41) is 3.38. The van der Waals surface area contributed by atoms with Crippen molar-refractivity contribution in [3.63, 3.8) is 0 Å². The molecule has 0 bridgehead atoms. The lowest BCUT2D eigenvalue weighted by atomic mass is 10.0. The first-order chi connectivity index (χ1) is 9.56. The quantitative estimate of drug-likeness (QED) is 0.905. The number of fused-ring (bicyclic) bond motifs is 1. The van der Waals surface area contributed by atoms with Crippen LogP contribution in [-0.4, -0.2) is 9.97 Å². The highest BCUT2D eigenvalue weighted by Crippen LogP contribution is 2.29. The molecular weight excluding hydrogens is 314 g/mol. The van der Waals surface area contributed by atoms with Crippen molar-refractivity contribution in [1.29, 1.82) is 0 Å². The number of aromatic nitrogens is 2. The zero-order valence-corrected chi connectivity index (χ0v) is 13.6. The Balaban J connectivity index is 2.17. The maximum atomic E-state index is 4.84. The molecule has 0 fully saturated rings. The van der Waals surface area contributed by atoms with Gasteiger partial charge in [0.15, 0.2) is 5.82 Å². The fraction of sp³-hybridized carbons (Fsp3) is 0.375. The molecule has 0 amide bonds. The minimum atomic E-state index is 0.418. The van der Waals surface area contributed by atoms with Crippen LogP contribution in [0.4, 0.5) is 0 Å². The number of hydrogen-bond donors (Lipinski definition) is 1. The molecule has 1 aromatic heterocycles. The SMILES string of the molecule is Cc1cc(Br)ccc1-c1nc2c(c(C(C)C)n1)CNC2. The first kappa shape index (κ1) is 13.7. The number of halogens is 1. The lowest BCUT2D eigenvalue weighted by Gasteiger charge is -2.13. The Morgan fingerprint density at radius 3 is 2.70 bits per heavy atom. The van der Waals surface area contributed by atoms with Crippen LogP contribution < -0.4 is 5.32 Å². The molecule has 0 saturated heterocycles. The number of nitrogens with zero attached hydrogens (tertiary/aromatic N) is 2. The molecule has 104 valence electrons. The maximum absolute atomic E-state index is 4.84. The van der Waals surface area contributed by atoms with Crippen LogP contribution in [0.15, 0.2) is 22.7 Å². The molecule has 0 spiro atoms. The minimum absolute atomic E-state index is 0.418. The van der Waals surface area contributed by atoms with E-state index in [2.05, 4.69) is 54.2 Å². The van der Waals surface area contributed by atoms with Crippen molar-refractivity contribution >= 4 is 15.9 Å². The predicted molar refractivity (Wildman–Crippen MR) is 84.5 cm³/mol. The highest BCUT2D eigenvalue weighted by atomic mass is 79.9. The van der Waals surface area contributed by atoms with E-state index in [0.717, 1.165) is 34.6 Å². The summed E-state index contributed by atoms with van der Waals surface area (Å²) >= 11 is 3.51. The van der Waals surface area contributed by atoms with Crippen molar-refractivity contribution in [3.8, 4) is 11.4 Å². The van der Waals surface area contributed by atoms with Gasteiger partial charge in [0.1, 0.15) is 0 Å². The van der Waals surface area contributed by atoms with Crippen LogP contribution in [0.5, 0.6) is 0 Å². The first-order valence-electron chi connectivity index (χ1n) is 6.93. The third-order valence-electron chi connectivity index (χ3n) is 3.70. The second-order valence-electron chi connectivity index (χ2n) is 5.58. The van der Waals surface area contributed by atoms with Crippen LogP contribution in [-0.2, 0) is 13.1 Å². The van der Waals surface area contributed by atoms with Gasteiger partial charge in [0.25, 0.3) is 0 Å². The second-order valence-corrected chi connectivity index (χ2v) is 6.49. The number of rotatable bonds is 2. The van der Waals surface area contributed by atoms with E-state index in [1.165, 1.54) is 16.8 Å². The van der Waals surface area contributed by atoms with Crippen molar-refractivity contribution in [2.75, 3.05) is 0 Å². The molecule has 1 aromatic carbocycles. The highest BCUT2D eigenvalue weighted by molar-refractivity contribution is 9.10. The summed E-state index contributed by atoms with van der Waals surface area (Å²) in [6, 6.07) is 6.25. The monoisotopic (exact) mass is 331 g/mol. The Morgan fingerprint density at radius 2 is 2.00 bits per heavy atom. The van der Waals surface area contributed by atoms with Gasteiger partial charge in [0, 0.05) is 28.7 Å². The largest absolute Gasteiger partial charge is 0.307 e. The van der Waals surface area contributed by atoms with Crippen LogP contribution in [0.3, 0.4) is 0 Å². The number of aryl methyl sites for hydroxylation is 1. The summed E-state index contributed by atoms with van der Waals surface area (Å²) in [7, 11) is 0. The zero-order valence-electron chi connectivity index (χ0n) is 12.0. The van der Waals surface area contributed by atoms with Crippen molar-refractivity contribution in [3.05, 3.63) is 45.2 Å². The van der Waals surface area contributed by atoms with E-state index in [1.807, 2.05) is 6.07 Å². The Kier molecular flexibility index (Phi) is 3.61. The van der Waals surface area contributed by atoms with Gasteiger partial charge in [-0.25, -0.2) is 9.97 Å². The predicted octanol–water partition coefficient (Wildman–Crippen LogP) is 3.94. The third kappa shape index (κ3) is 2.38. The lowest BCUT2D eigenvalue weighted by molar-refractivity contribution is 0.746. The van der Waals surface area contributed by atoms with E-state index in [1.54, 1.807) is 0 Å². The minimum Gasteiger partial charge on any atom is -0.307 e. The standard InChI is InChI=1S/C16H18BrN3/c1-9(2)15-13-7-18-8-14(13)19-16(20-15)12-5-4-11(17)6-10(12)3/h4-6,9,18H,7-8H2,1-3H3. The molecular formula is C16H18BrN3. The number of benzene rings is 1. The lowest BCUT2D eigenvalue weighted by Crippen LogP contribution is -2.05. The van der Waals surface area contributed by atoms with E-state index in [9.17, 15) is 0 Å². The molecule has 2 aromatic rings. The third-order valence-corrected chi connectivity index (χ3v) is 4.19. The molecule has 1 N–H and O–H groups in total. The average Bonchev–Trinajstić information content (AvgIpc) is 2.85. The molecule has 0 unspecified atom stereocenters. The smallest absolute Gasteiger partial charge is 0.159 e. The normalized spacial score (nSPS) is 13.8. The Labute approximate surface area is 128 Å². The molecule has 0 radical (unpaired) electrons. The van der Waals surface area contributed by atoms with Gasteiger partial charge in [-0.3, -0.25) is 0 Å². The Hall–Kier alpha value is -1.26. The molecule has 1 aliphatic rings. The van der Waals surface area contributed by atoms with Crippen molar-refractivity contribution < 1.29 is 0 Å². The fourth-order valence-electron chi connectivity index (χ4n) is 2.67. The summed E-state index contributed by atoms with van der Waals surface area (Å²) in [6.45, 7) is 8.23. The van der Waals surface area contributed by atoms with Gasteiger partial charge in [0.05, 0.1) is 11.4 Å². The fourth-order valence-corrected chi connectivity index (χ4v) is 3.15. The van der Waals surface area contributed by atoms with Gasteiger partial charge >= 0.3 is 0 Å². The van der Waals surface area contributed by atoms with Crippen LogP contribution in [0.1, 0.15) is 42.3 Å². The number of hydrogen-bond acceptors (Lipinski definition) is 3. The summed E-state index contributed by atoms with van der Waals surface area (Å²) < 4.78 is 1.09. The molecule has 20 heavy (non-hydrogen) atoms. The van der Waals surface area contributed by atoms with E-state index in [4.69, 9.17) is 9.97 Å². The second kappa shape index (κ2) is 5.26. The van der Waals surface area contributed by atoms with Crippen LogP contribution in [0, 0.1) is 6.92 Å². The van der Waals surface area contributed by atoms with Crippen LogP contribution in [0.25, 0.3) is 11.4 Å². The summed E-state index contributed by atoms with van der Waals surface area (Å²) in [5.74, 6) is 1.27. The van der Waals surface area contributed by atoms with Gasteiger partial charge in [-0.2, -0.15) is 0 Å². The molecule has 4 heteroatoms. The van der Waals surface area contributed by atoms with Crippen LogP contribution >= 0.6 is 15.9 Å². The van der Waals surface area contributed by atoms with Crippen molar-refractivity contribution in [2.45, 2.75) is 39.8 Å². The zero-order chi connectivity index (χ0) is 14.3. The molecule has 0 aliphatic carbocycles. The van der Waals surface area contributed by atoms with E-state index >= 15 is 0 Å². The molecule has 2 heterocycles. The van der Waals surface area contributed by atoms with Gasteiger partial charge in [-0.15, -0.1) is 0 Å². The van der Waals surface area contributed by atoms with Gasteiger partial charge in [-0.1, -0.05) is 29.8 Å². The van der Waals surface area contributed by atoms with E-state index in [0.29, 0.717) is 5.92 Å². The molecule has 1 aliphatic heterocycles. The highest BCUT2D eigenvalue weighted by Gasteiger charge is 2.21. The summed E-state index contributed by atoms with van der Waals surface area (Å²) in [6.07, 6.45) is 0.